The molecular formula is C23H17NO2. The predicted octanol–water partition coefficient (Wildman–Crippen LogP) is 1.62. The summed E-state index contributed by atoms with van der Waals surface area (Å²) in [6.45, 7) is 2.65. The second-order valence-electron chi connectivity index (χ2n) is 4.52. The lowest BCUT2D eigenvalue weighted by molar-refractivity contribution is 0.314. The maximum atomic E-state index is 5.68. The van der Waals surface area contributed by atoms with E-state index in [4.69, 9.17) is 21.6 Å². The normalized spacial score (nSPS) is 7.42. The molecule has 0 aliphatic rings. The number of ether oxygens (including phenoxy) is 2. The van der Waals surface area contributed by atoms with E-state index < -0.39 is 0 Å². The minimum Gasteiger partial charge on any atom is -0.477 e. The average Bonchev–Trinajstić information content (AvgIpc) is 2.65. The summed E-state index contributed by atoms with van der Waals surface area (Å²) in [6.07, 6.45) is 5.72. The first-order valence-corrected chi connectivity index (χ1v) is 7.73. The highest BCUT2D eigenvalue weighted by Crippen LogP contribution is 2.28. The summed E-state index contributed by atoms with van der Waals surface area (Å²) in [7, 11) is 0. The Morgan fingerprint density at radius 1 is 0.885 bits per heavy atom. The van der Waals surface area contributed by atoms with Crippen LogP contribution in [-0.4, -0.2) is 19.8 Å². The molecule has 0 aliphatic heterocycles. The topological polar surface area (TPSA) is 44.5 Å². The minimum absolute atomic E-state index is 0.159. The molecule has 0 atom stereocenters. The van der Waals surface area contributed by atoms with Gasteiger partial charge in [0, 0.05) is 0 Å². The highest BCUT2D eigenvalue weighted by atomic mass is 16.5. The van der Waals surface area contributed by atoms with E-state index in [1.54, 1.807) is 6.92 Å². The van der Waals surface area contributed by atoms with E-state index in [2.05, 4.69) is 65.1 Å². The molecule has 26 heavy (non-hydrogen) atoms. The van der Waals surface area contributed by atoms with E-state index in [9.17, 15) is 0 Å². The van der Waals surface area contributed by atoms with Gasteiger partial charge in [-0.1, -0.05) is 12.0 Å². The number of benzene rings is 1. The van der Waals surface area contributed by atoms with Crippen LogP contribution in [0.25, 0.3) is 0 Å². The molecule has 3 nitrogen and oxygen atoms in total. The lowest BCUT2D eigenvalue weighted by Gasteiger charge is -2.11. The third kappa shape index (κ3) is 8.69. The molecule has 0 spiro atoms. The second kappa shape index (κ2) is 13.6. The van der Waals surface area contributed by atoms with Crippen molar-refractivity contribution in [1.29, 1.82) is 0 Å². The zero-order valence-electron chi connectivity index (χ0n) is 14.5. The molecule has 1 rings (SSSR count). The number of hydrogen-bond donors (Lipinski definition) is 1. The molecule has 0 fully saturated rings. The van der Waals surface area contributed by atoms with Gasteiger partial charge in [0.1, 0.15) is 13.2 Å². The maximum Gasteiger partial charge on any atom is 0.162 e. The summed E-state index contributed by atoms with van der Waals surface area (Å²) < 4.78 is 11.3. The van der Waals surface area contributed by atoms with Gasteiger partial charge in [0.05, 0.1) is 0 Å². The van der Waals surface area contributed by atoms with Crippen LogP contribution in [0.1, 0.15) is 12.5 Å². The van der Waals surface area contributed by atoms with Gasteiger partial charge >= 0.3 is 0 Å². The Morgan fingerprint density at radius 2 is 1.54 bits per heavy atom. The van der Waals surface area contributed by atoms with E-state index in [0.29, 0.717) is 18.0 Å². The Labute approximate surface area is 155 Å². The fourth-order valence-corrected chi connectivity index (χ4v) is 1.69. The van der Waals surface area contributed by atoms with Gasteiger partial charge in [0.2, 0.25) is 0 Å². The monoisotopic (exact) mass is 339 g/mol. The van der Waals surface area contributed by atoms with Crippen molar-refractivity contribution in [3.05, 3.63) is 23.8 Å². The summed E-state index contributed by atoms with van der Waals surface area (Å²) in [5.41, 5.74) is 6.65. The molecule has 0 amide bonds. The van der Waals surface area contributed by atoms with Crippen LogP contribution < -0.4 is 15.2 Å². The molecule has 0 radical (unpaired) electrons. The van der Waals surface area contributed by atoms with Crippen LogP contribution in [0, 0.1) is 71.5 Å². The van der Waals surface area contributed by atoms with Crippen molar-refractivity contribution >= 4 is 0 Å². The van der Waals surface area contributed by atoms with E-state index in [1.807, 2.05) is 18.2 Å². The van der Waals surface area contributed by atoms with Crippen LogP contribution in [-0.2, 0) is 6.42 Å². The first-order chi connectivity index (χ1) is 12.8. The molecule has 0 aromatic heterocycles. The Hall–Kier alpha value is -3.86. The summed E-state index contributed by atoms with van der Waals surface area (Å²) in [5, 5.41) is 0. The van der Waals surface area contributed by atoms with Crippen molar-refractivity contribution in [3.8, 4) is 83.0 Å². The third-order valence-corrected chi connectivity index (χ3v) is 2.73. The van der Waals surface area contributed by atoms with Crippen LogP contribution in [0.3, 0.4) is 0 Å². The van der Waals surface area contributed by atoms with Crippen molar-refractivity contribution < 1.29 is 9.47 Å². The first kappa shape index (κ1) is 20.2. The Balaban J connectivity index is 2.78. The molecule has 2 N–H and O–H groups in total. The largest absolute Gasteiger partial charge is 0.477 e. The van der Waals surface area contributed by atoms with Gasteiger partial charge in [-0.25, -0.2) is 0 Å². The molecule has 0 unspecified atom stereocenters. The summed E-state index contributed by atoms with van der Waals surface area (Å²) >= 11 is 0. The number of terminal acetylenes is 1. The van der Waals surface area contributed by atoms with Gasteiger partial charge in [-0.05, 0) is 96.8 Å². The average molecular weight is 339 g/mol. The molecular weight excluding hydrogens is 322 g/mol. The lowest BCUT2D eigenvalue weighted by atomic mass is 10.1. The third-order valence-electron chi connectivity index (χ3n) is 2.73. The van der Waals surface area contributed by atoms with E-state index in [-0.39, 0.29) is 13.2 Å². The van der Waals surface area contributed by atoms with Gasteiger partial charge < -0.3 is 15.2 Å². The fourth-order valence-electron chi connectivity index (χ4n) is 1.69. The number of hydrogen-bond acceptors (Lipinski definition) is 3. The Bertz CT molecular complexity index is 956. The standard InChI is InChI=1S/C23H17NO2/c1-3-5-7-9-10-11-13-19-26-23-20-21(16-17-24)14-15-22(23)25-18-12-8-6-4-2/h1,14-15,20H,16-19,24H2,2H3. The number of nitrogens with two attached hydrogens (primary N) is 1. The van der Waals surface area contributed by atoms with Crippen molar-refractivity contribution in [2.24, 2.45) is 5.73 Å². The van der Waals surface area contributed by atoms with Gasteiger partial charge in [0.25, 0.3) is 0 Å². The maximum absolute atomic E-state index is 5.68. The molecule has 0 bridgehead atoms. The van der Waals surface area contributed by atoms with Crippen molar-refractivity contribution in [2.75, 3.05) is 19.8 Å². The highest BCUT2D eigenvalue weighted by molar-refractivity contribution is 5.44. The second-order valence-corrected chi connectivity index (χ2v) is 4.52. The summed E-state index contributed by atoms with van der Waals surface area (Å²) in [5.74, 6) is 29.5. The van der Waals surface area contributed by atoms with Gasteiger partial charge in [0.15, 0.2) is 11.5 Å². The highest BCUT2D eigenvalue weighted by Gasteiger charge is 2.06. The smallest absolute Gasteiger partial charge is 0.162 e. The first-order valence-electron chi connectivity index (χ1n) is 7.73. The van der Waals surface area contributed by atoms with Gasteiger partial charge in [-0.2, -0.15) is 0 Å². The quantitative estimate of drug-likeness (QED) is 0.801. The molecule has 0 aliphatic carbocycles. The zero-order chi connectivity index (χ0) is 18.9. The zero-order valence-corrected chi connectivity index (χ0v) is 14.5. The predicted molar refractivity (Wildman–Crippen MR) is 104 cm³/mol. The van der Waals surface area contributed by atoms with Crippen molar-refractivity contribution in [3.63, 3.8) is 0 Å². The van der Waals surface area contributed by atoms with E-state index >= 15 is 0 Å². The molecule has 126 valence electrons. The molecule has 3 heteroatoms. The van der Waals surface area contributed by atoms with Crippen molar-refractivity contribution in [2.45, 2.75) is 13.3 Å². The van der Waals surface area contributed by atoms with Crippen LogP contribution in [0.4, 0.5) is 0 Å². The Morgan fingerprint density at radius 3 is 2.23 bits per heavy atom. The van der Waals surface area contributed by atoms with E-state index in [0.717, 1.165) is 12.0 Å². The summed E-state index contributed by atoms with van der Waals surface area (Å²) in [6, 6.07) is 5.65. The number of rotatable bonds is 6. The molecule has 0 heterocycles. The Kier molecular flexibility index (Phi) is 10.5. The molecule has 1 aromatic rings. The van der Waals surface area contributed by atoms with E-state index in [1.165, 1.54) is 0 Å². The van der Waals surface area contributed by atoms with Gasteiger partial charge in [-0.3, -0.25) is 0 Å². The fraction of sp³-hybridized carbons (Fsp3) is 0.217. The lowest BCUT2D eigenvalue weighted by Crippen LogP contribution is -2.04. The van der Waals surface area contributed by atoms with Crippen LogP contribution in [0.2, 0.25) is 0 Å². The van der Waals surface area contributed by atoms with Crippen LogP contribution in [0.15, 0.2) is 18.2 Å². The van der Waals surface area contributed by atoms with Crippen LogP contribution >= 0.6 is 0 Å². The van der Waals surface area contributed by atoms with Crippen molar-refractivity contribution in [1.82, 2.24) is 0 Å². The SMILES string of the molecule is C#CC#CC#CC#CCOc1cc(CCN)ccc1OCC#CC#CC. The molecule has 0 saturated heterocycles. The minimum atomic E-state index is 0.159. The molecule has 1 aromatic carbocycles. The van der Waals surface area contributed by atoms with Gasteiger partial charge in [-0.15, -0.1) is 6.42 Å². The van der Waals surface area contributed by atoms with Crippen LogP contribution in [0.5, 0.6) is 11.5 Å². The molecule has 0 saturated carbocycles. The summed E-state index contributed by atoms with van der Waals surface area (Å²) in [4.78, 5) is 0.